The molecule has 1 fully saturated rings. The van der Waals surface area contributed by atoms with E-state index in [9.17, 15) is 4.79 Å². The summed E-state index contributed by atoms with van der Waals surface area (Å²) in [4.78, 5) is 12.3. The van der Waals surface area contributed by atoms with Gasteiger partial charge >= 0.3 is 0 Å². The molecule has 0 spiro atoms. The second-order valence-corrected chi connectivity index (χ2v) is 7.88. The Labute approximate surface area is 175 Å². The van der Waals surface area contributed by atoms with Crippen molar-refractivity contribution in [2.24, 2.45) is 0 Å². The van der Waals surface area contributed by atoms with E-state index in [4.69, 9.17) is 14.2 Å². The maximum atomic E-state index is 12.3. The number of fused-ring (bicyclic) bond motifs is 3. The molecule has 0 amide bonds. The summed E-state index contributed by atoms with van der Waals surface area (Å²) in [5, 5.41) is 0. The summed E-state index contributed by atoms with van der Waals surface area (Å²) >= 11 is 0. The zero-order valence-corrected chi connectivity index (χ0v) is 16.9. The van der Waals surface area contributed by atoms with E-state index < -0.39 is 0 Å². The summed E-state index contributed by atoms with van der Waals surface area (Å²) in [5.41, 5.74) is 5.54. The fourth-order valence-corrected chi connectivity index (χ4v) is 4.03. The number of pyridine rings is 1. The van der Waals surface area contributed by atoms with E-state index in [0.717, 1.165) is 42.8 Å². The molecule has 1 saturated heterocycles. The molecule has 5 heteroatoms. The predicted octanol–water partition coefficient (Wildman–Crippen LogP) is 3.96. The Morgan fingerprint density at radius 2 is 1.83 bits per heavy atom. The highest BCUT2D eigenvalue weighted by atomic mass is 16.6. The van der Waals surface area contributed by atoms with E-state index in [2.05, 4.69) is 34.9 Å². The molecule has 1 unspecified atom stereocenters. The van der Waals surface area contributed by atoms with Crippen molar-refractivity contribution in [3.05, 3.63) is 87.6 Å². The van der Waals surface area contributed by atoms with E-state index in [-0.39, 0.29) is 11.5 Å². The highest BCUT2D eigenvalue weighted by Crippen LogP contribution is 2.32. The summed E-state index contributed by atoms with van der Waals surface area (Å²) in [5.74, 6) is 0.633. The molecular weight excluding hydrogens is 378 g/mol. The molecule has 3 heterocycles. The van der Waals surface area contributed by atoms with Crippen molar-refractivity contribution in [3.8, 4) is 17.1 Å². The zero-order valence-electron chi connectivity index (χ0n) is 16.9. The predicted molar refractivity (Wildman–Crippen MR) is 115 cm³/mol. The molecule has 5 nitrogen and oxygen atoms in total. The normalized spacial score (nSPS) is 17.0. The van der Waals surface area contributed by atoms with E-state index >= 15 is 0 Å². The molecule has 0 N–H and O–H groups in total. The van der Waals surface area contributed by atoms with Crippen molar-refractivity contribution in [1.82, 2.24) is 4.57 Å². The van der Waals surface area contributed by atoms with Crippen LogP contribution < -0.4 is 10.2 Å². The molecule has 3 aromatic rings. The second-order valence-electron chi connectivity index (χ2n) is 7.88. The van der Waals surface area contributed by atoms with Crippen molar-refractivity contribution < 1.29 is 14.2 Å². The Bertz CT molecular complexity index is 1090. The number of rotatable bonds is 7. The van der Waals surface area contributed by atoms with Crippen LogP contribution in [0.25, 0.3) is 11.3 Å². The first-order valence-corrected chi connectivity index (χ1v) is 10.5. The zero-order chi connectivity index (χ0) is 20.3. The Balaban J connectivity index is 1.32. The number of hydrogen-bond acceptors (Lipinski definition) is 4. The summed E-state index contributed by atoms with van der Waals surface area (Å²) in [6.07, 6.45) is 2.06. The van der Waals surface area contributed by atoms with Gasteiger partial charge < -0.3 is 18.8 Å². The van der Waals surface area contributed by atoms with Gasteiger partial charge in [0.2, 0.25) is 0 Å². The molecule has 2 aliphatic heterocycles. The largest absolute Gasteiger partial charge is 0.476 e. The van der Waals surface area contributed by atoms with Crippen LogP contribution in [0.2, 0.25) is 0 Å². The molecule has 154 valence electrons. The van der Waals surface area contributed by atoms with Gasteiger partial charge in [-0.2, -0.15) is 0 Å². The molecular formula is C25H25NO4. The van der Waals surface area contributed by atoms with Crippen molar-refractivity contribution in [2.75, 3.05) is 13.2 Å². The summed E-state index contributed by atoms with van der Waals surface area (Å²) in [6, 6.07) is 19.9. The molecule has 30 heavy (non-hydrogen) atoms. The van der Waals surface area contributed by atoms with Crippen molar-refractivity contribution in [1.29, 1.82) is 0 Å². The third-order valence-electron chi connectivity index (χ3n) is 5.74. The van der Waals surface area contributed by atoms with Crippen LogP contribution in [0.1, 0.15) is 23.1 Å². The van der Waals surface area contributed by atoms with Crippen LogP contribution in [-0.4, -0.2) is 23.9 Å². The van der Waals surface area contributed by atoms with Crippen molar-refractivity contribution >= 4 is 0 Å². The molecule has 0 radical (unpaired) electrons. The van der Waals surface area contributed by atoms with Crippen LogP contribution in [0.15, 0.2) is 65.5 Å². The fourth-order valence-electron chi connectivity index (χ4n) is 4.03. The Morgan fingerprint density at radius 1 is 1.00 bits per heavy atom. The molecule has 0 aliphatic carbocycles. The Morgan fingerprint density at radius 3 is 2.63 bits per heavy atom. The third kappa shape index (κ3) is 4.04. The SMILES string of the molecule is O=c1cc(OCC2CCO2)n2c(c1)-c1ccc(COCc3ccccc3)cc1CC2. The van der Waals surface area contributed by atoms with Crippen LogP contribution in [-0.2, 0) is 35.7 Å². The van der Waals surface area contributed by atoms with Gasteiger partial charge in [-0.05, 0) is 23.1 Å². The standard InChI is InChI=1S/C25H25NO4/c27-21-13-24-23-7-6-19(16-28-15-18-4-2-1-3-5-18)12-20(23)8-10-26(24)25(14-21)30-17-22-9-11-29-22/h1-7,12-14,22H,8-11,15-17H2. The number of benzene rings is 2. The monoisotopic (exact) mass is 403 g/mol. The third-order valence-corrected chi connectivity index (χ3v) is 5.74. The number of nitrogens with zero attached hydrogens (tertiary/aromatic N) is 1. The number of aryl methyl sites for hydroxylation is 1. The lowest BCUT2D eigenvalue weighted by Crippen LogP contribution is -2.33. The number of ether oxygens (including phenoxy) is 3. The van der Waals surface area contributed by atoms with Crippen LogP contribution in [0.5, 0.6) is 5.88 Å². The first kappa shape index (κ1) is 19.1. The average molecular weight is 403 g/mol. The summed E-state index contributed by atoms with van der Waals surface area (Å²) in [6.45, 7) is 3.25. The maximum Gasteiger partial charge on any atom is 0.197 e. The van der Waals surface area contributed by atoms with Gasteiger partial charge in [-0.15, -0.1) is 0 Å². The lowest BCUT2D eigenvalue weighted by molar-refractivity contribution is -0.0732. The van der Waals surface area contributed by atoms with E-state index in [1.165, 1.54) is 11.1 Å². The van der Waals surface area contributed by atoms with Crippen LogP contribution in [0.4, 0.5) is 0 Å². The first-order valence-electron chi connectivity index (χ1n) is 10.5. The van der Waals surface area contributed by atoms with Crippen LogP contribution >= 0.6 is 0 Å². The molecule has 0 saturated carbocycles. The lowest BCUT2D eigenvalue weighted by Gasteiger charge is -2.29. The maximum absolute atomic E-state index is 12.3. The highest BCUT2D eigenvalue weighted by Gasteiger charge is 2.22. The lowest BCUT2D eigenvalue weighted by atomic mass is 9.95. The molecule has 1 aromatic heterocycles. The summed E-state index contributed by atoms with van der Waals surface area (Å²) < 4.78 is 19.4. The van der Waals surface area contributed by atoms with Gasteiger partial charge in [0, 0.05) is 37.3 Å². The molecule has 2 aromatic carbocycles. The van der Waals surface area contributed by atoms with Gasteiger partial charge in [0.1, 0.15) is 6.61 Å². The first-order chi connectivity index (χ1) is 14.8. The van der Waals surface area contributed by atoms with Gasteiger partial charge in [-0.25, -0.2) is 0 Å². The molecule has 5 rings (SSSR count). The molecule has 1 atom stereocenters. The van der Waals surface area contributed by atoms with Crippen LogP contribution in [0, 0.1) is 0 Å². The number of aromatic nitrogens is 1. The minimum absolute atomic E-state index is 0.0334. The second kappa shape index (κ2) is 8.46. The fraction of sp³-hybridized carbons (Fsp3) is 0.320. The highest BCUT2D eigenvalue weighted by molar-refractivity contribution is 5.67. The van der Waals surface area contributed by atoms with Gasteiger partial charge in [-0.3, -0.25) is 4.79 Å². The minimum atomic E-state index is -0.0334. The molecule has 2 aliphatic rings. The van der Waals surface area contributed by atoms with Crippen molar-refractivity contribution in [2.45, 2.75) is 38.7 Å². The quantitative estimate of drug-likeness (QED) is 0.599. The smallest absolute Gasteiger partial charge is 0.197 e. The van der Waals surface area contributed by atoms with E-state index in [1.54, 1.807) is 12.1 Å². The van der Waals surface area contributed by atoms with Gasteiger partial charge in [-0.1, -0.05) is 48.5 Å². The minimum Gasteiger partial charge on any atom is -0.476 e. The topological polar surface area (TPSA) is 49.7 Å². The van der Waals surface area contributed by atoms with E-state index in [0.29, 0.717) is 25.7 Å². The van der Waals surface area contributed by atoms with Gasteiger partial charge in [0.25, 0.3) is 0 Å². The van der Waals surface area contributed by atoms with Crippen LogP contribution in [0.3, 0.4) is 0 Å². The summed E-state index contributed by atoms with van der Waals surface area (Å²) in [7, 11) is 0. The molecule has 0 bridgehead atoms. The van der Waals surface area contributed by atoms with E-state index in [1.807, 2.05) is 18.2 Å². The average Bonchev–Trinajstić information content (AvgIpc) is 2.73. The van der Waals surface area contributed by atoms with Gasteiger partial charge in [0.05, 0.1) is 25.0 Å². The Hall–Kier alpha value is -2.89. The number of hydrogen-bond donors (Lipinski definition) is 0. The Kier molecular flexibility index (Phi) is 5.39. The van der Waals surface area contributed by atoms with Gasteiger partial charge in [0.15, 0.2) is 11.3 Å². The van der Waals surface area contributed by atoms with Crippen molar-refractivity contribution in [3.63, 3.8) is 0 Å².